The second kappa shape index (κ2) is 9.40. The Kier molecular flexibility index (Phi) is 6.95. The number of hydrogen-bond donors (Lipinski definition) is 0. The largest absolute Gasteiger partial charge is 0.376 e. The van der Waals surface area contributed by atoms with Crippen LogP contribution in [0.4, 0.5) is 0 Å². The molecule has 0 aromatic heterocycles. The van der Waals surface area contributed by atoms with Crippen molar-refractivity contribution in [1.82, 2.24) is 9.21 Å². The Morgan fingerprint density at radius 1 is 1.12 bits per heavy atom. The normalized spacial score (nSPS) is 26.9. The number of nitrogens with zero attached hydrogens (tertiary/aromatic N) is 2. The minimum Gasteiger partial charge on any atom is -0.376 e. The predicted molar refractivity (Wildman–Crippen MR) is 121 cm³/mol. The number of carbonyl (C=O) groups is 1. The van der Waals surface area contributed by atoms with Gasteiger partial charge in [0.25, 0.3) is 5.91 Å². The molecule has 0 aliphatic carbocycles. The summed E-state index contributed by atoms with van der Waals surface area (Å²) in [4.78, 5) is 15.1. The fourth-order valence-corrected chi connectivity index (χ4v) is 7.94. The zero-order valence-electron chi connectivity index (χ0n) is 18.5. The van der Waals surface area contributed by atoms with E-state index in [1.807, 2.05) is 0 Å². The van der Waals surface area contributed by atoms with Gasteiger partial charge >= 0.3 is 0 Å². The van der Waals surface area contributed by atoms with Crippen molar-refractivity contribution < 1.29 is 26.4 Å². The lowest BCUT2D eigenvalue weighted by molar-refractivity contribution is 0.0441. The van der Waals surface area contributed by atoms with Gasteiger partial charge in [0, 0.05) is 37.8 Å². The van der Waals surface area contributed by atoms with Gasteiger partial charge in [-0.25, -0.2) is 16.8 Å². The molecule has 3 saturated heterocycles. The van der Waals surface area contributed by atoms with Gasteiger partial charge in [-0.3, -0.25) is 4.79 Å². The number of piperidine rings is 1. The molecule has 0 saturated carbocycles. The SMILES string of the molecule is CC1CCN(S(=O)(=O)c2ccc(C(=O)N(C[C@H]3CCCO3)[C@H]3CCS(=O)(=O)C3)cc2)CC1. The third kappa shape index (κ3) is 5.18. The summed E-state index contributed by atoms with van der Waals surface area (Å²) in [7, 11) is -6.74. The second-order valence-corrected chi connectivity index (χ2v) is 13.4. The van der Waals surface area contributed by atoms with Crippen LogP contribution in [0, 0.1) is 5.92 Å². The molecule has 0 radical (unpaired) electrons. The Labute approximate surface area is 190 Å². The number of carbonyl (C=O) groups excluding carboxylic acids is 1. The zero-order chi connectivity index (χ0) is 22.9. The maximum absolute atomic E-state index is 13.3. The monoisotopic (exact) mass is 484 g/mol. The molecule has 1 aromatic rings. The van der Waals surface area contributed by atoms with Crippen molar-refractivity contribution in [2.24, 2.45) is 5.92 Å². The predicted octanol–water partition coefficient (Wildman–Crippen LogP) is 1.92. The van der Waals surface area contributed by atoms with E-state index in [4.69, 9.17) is 4.74 Å². The maximum Gasteiger partial charge on any atom is 0.254 e. The van der Waals surface area contributed by atoms with E-state index in [-0.39, 0.29) is 34.5 Å². The first-order chi connectivity index (χ1) is 15.2. The van der Waals surface area contributed by atoms with Gasteiger partial charge in [-0.05, 0) is 62.3 Å². The number of benzene rings is 1. The van der Waals surface area contributed by atoms with Crippen molar-refractivity contribution in [3.63, 3.8) is 0 Å². The average molecular weight is 485 g/mol. The first kappa shape index (κ1) is 23.7. The smallest absolute Gasteiger partial charge is 0.254 e. The highest BCUT2D eigenvalue weighted by Gasteiger charge is 2.37. The highest BCUT2D eigenvalue weighted by Crippen LogP contribution is 2.26. The number of sulfone groups is 1. The van der Waals surface area contributed by atoms with Crippen LogP contribution >= 0.6 is 0 Å². The summed E-state index contributed by atoms with van der Waals surface area (Å²) < 4.78 is 57.2. The van der Waals surface area contributed by atoms with Crippen LogP contribution in [0.5, 0.6) is 0 Å². The molecule has 4 rings (SSSR count). The Morgan fingerprint density at radius 3 is 2.38 bits per heavy atom. The third-order valence-electron chi connectivity index (χ3n) is 6.82. The van der Waals surface area contributed by atoms with Gasteiger partial charge in [0.2, 0.25) is 10.0 Å². The van der Waals surface area contributed by atoms with E-state index in [2.05, 4.69) is 6.92 Å². The van der Waals surface area contributed by atoms with Crippen LogP contribution in [0.2, 0.25) is 0 Å². The lowest BCUT2D eigenvalue weighted by atomic mass is 10.0. The van der Waals surface area contributed by atoms with E-state index >= 15 is 0 Å². The molecule has 3 aliphatic heterocycles. The molecule has 0 bridgehead atoms. The van der Waals surface area contributed by atoms with Crippen molar-refractivity contribution in [2.45, 2.75) is 56.1 Å². The minimum atomic E-state index is -3.59. The maximum atomic E-state index is 13.3. The first-order valence-corrected chi connectivity index (χ1v) is 14.6. The number of amides is 1. The Bertz CT molecular complexity index is 1020. The summed E-state index contributed by atoms with van der Waals surface area (Å²) in [6.07, 6.45) is 3.78. The van der Waals surface area contributed by atoms with Crippen molar-refractivity contribution >= 4 is 25.8 Å². The van der Waals surface area contributed by atoms with Gasteiger partial charge in [0.05, 0.1) is 22.5 Å². The van der Waals surface area contributed by atoms with Crippen LogP contribution in [0.3, 0.4) is 0 Å². The molecule has 32 heavy (non-hydrogen) atoms. The van der Waals surface area contributed by atoms with Gasteiger partial charge in [-0.15, -0.1) is 0 Å². The first-order valence-electron chi connectivity index (χ1n) is 11.4. The molecule has 3 fully saturated rings. The van der Waals surface area contributed by atoms with E-state index < -0.39 is 19.9 Å². The van der Waals surface area contributed by atoms with E-state index in [1.165, 1.54) is 28.6 Å². The molecule has 0 spiro atoms. The molecule has 10 heteroatoms. The fraction of sp³-hybridized carbons (Fsp3) is 0.682. The van der Waals surface area contributed by atoms with Crippen molar-refractivity contribution in [1.29, 1.82) is 0 Å². The number of sulfonamides is 1. The van der Waals surface area contributed by atoms with Crippen LogP contribution in [0.1, 0.15) is 49.4 Å². The van der Waals surface area contributed by atoms with Crippen LogP contribution in [0.25, 0.3) is 0 Å². The van der Waals surface area contributed by atoms with E-state index in [0.717, 1.165) is 25.7 Å². The van der Waals surface area contributed by atoms with Gasteiger partial charge in [-0.1, -0.05) is 6.92 Å². The lowest BCUT2D eigenvalue weighted by Crippen LogP contribution is -2.45. The molecule has 2 atom stereocenters. The van der Waals surface area contributed by atoms with Crippen molar-refractivity contribution in [3.05, 3.63) is 29.8 Å². The number of ether oxygens (including phenoxy) is 1. The van der Waals surface area contributed by atoms with E-state index in [0.29, 0.717) is 44.1 Å². The Morgan fingerprint density at radius 2 is 1.81 bits per heavy atom. The van der Waals surface area contributed by atoms with Crippen LogP contribution in [-0.2, 0) is 24.6 Å². The Balaban J connectivity index is 1.52. The standard InChI is InChI=1S/C22H32N2O6S2/c1-17-8-11-23(12-9-17)32(28,29)21-6-4-18(5-7-21)22(25)24(15-20-3-2-13-30-20)19-10-14-31(26,27)16-19/h4-7,17,19-20H,2-3,8-16H2,1H3/t19-,20+/m0/s1. The molecular formula is C22H32N2O6S2. The van der Waals surface area contributed by atoms with E-state index in [1.54, 1.807) is 4.90 Å². The van der Waals surface area contributed by atoms with Crippen LogP contribution in [0.15, 0.2) is 29.2 Å². The Hall–Kier alpha value is -1.49. The minimum absolute atomic E-state index is 0.0364. The highest BCUT2D eigenvalue weighted by molar-refractivity contribution is 7.91. The summed E-state index contributed by atoms with van der Waals surface area (Å²) in [5.74, 6) is 0.290. The molecule has 1 amide bonds. The molecule has 1 aromatic carbocycles. The van der Waals surface area contributed by atoms with Crippen molar-refractivity contribution in [2.75, 3.05) is 37.7 Å². The van der Waals surface area contributed by atoms with Gasteiger partial charge < -0.3 is 9.64 Å². The summed E-state index contributed by atoms with van der Waals surface area (Å²) >= 11 is 0. The molecule has 0 N–H and O–H groups in total. The van der Waals surface area contributed by atoms with Gasteiger partial charge in [-0.2, -0.15) is 4.31 Å². The van der Waals surface area contributed by atoms with Gasteiger partial charge in [0.1, 0.15) is 0 Å². The summed E-state index contributed by atoms with van der Waals surface area (Å²) in [5.41, 5.74) is 0.360. The van der Waals surface area contributed by atoms with E-state index in [9.17, 15) is 21.6 Å². The third-order valence-corrected chi connectivity index (χ3v) is 10.5. The topological polar surface area (TPSA) is 101 Å². The van der Waals surface area contributed by atoms with Crippen LogP contribution in [-0.4, -0.2) is 81.8 Å². The summed E-state index contributed by atoms with van der Waals surface area (Å²) in [6, 6.07) is 5.66. The highest BCUT2D eigenvalue weighted by atomic mass is 32.2. The lowest BCUT2D eigenvalue weighted by Gasteiger charge is -2.31. The molecule has 0 unspecified atom stereocenters. The number of hydrogen-bond acceptors (Lipinski definition) is 6. The molecular weight excluding hydrogens is 452 g/mol. The number of rotatable bonds is 6. The molecule has 8 nitrogen and oxygen atoms in total. The molecule has 178 valence electrons. The molecule has 3 aliphatic rings. The molecule has 3 heterocycles. The van der Waals surface area contributed by atoms with Crippen LogP contribution < -0.4 is 0 Å². The average Bonchev–Trinajstić information content (AvgIpc) is 3.41. The van der Waals surface area contributed by atoms with Crippen molar-refractivity contribution in [3.8, 4) is 0 Å². The fourth-order valence-electron chi connectivity index (χ4n) is 4.74. The van der Waals surface area contributed by atoms with Gasteiger partial charge in [0.15, 0.2) is 9.84 Å². The second-order valence-electron chi connectivity index (χ2n) is 9.26. The summed E-state index contributed by atoms with van der Waals surface area (Å²) in [6.45, 7) is 4.15. The quantitative estimate of drug-likeness (QED) is 0.611. The summed E-state index contributed by atoms with van der Waals surface area (Å²) in [5, 5.41) is 0. The zero-order valence-corrected chi connectivity index (χ0v) is 20.1.